The molecule has 0 bridgehead atoms. The first-order valence-electron chi connectivity index (χ1n) is 12.1. The number of benzene rings is 2. The first-order valence-corrected chi connectivity index (χ1v) is 12.4. The summed E-state index contributed by atoms with van der Waals surface area (Å²) in [6.07, 6.45) is 7.44. The van der Waals surface area contributed by atoms with Crippen molar-refractivity contribution in [3.05, 3.63) is 76.3 Å². The van der Waals surface area contributed by atoms with E-state index >= 15 is 0 Å². The molecule has 1 amide bonds. The summed E-state index contributed by atoms with van der Waals surface area (Å²) in [5.41, 5.74) is 0.536. The molecule has 36 heavy (non-hydrogen) atoms. The number of rotatable bonds is 4. The molecule has 2 unspecified atom stereocenters. The summed E-state index contributed by atoms with van der Waals surface area (Å²) in [6.45, 7) is 8.10. The predicted octanol–water partition coefficient (Wildman–Crippen LogP) is 5.87. The highest BCUT2D eigenvalue weighted by molar-refractivity contribution is 6.31. The Morgan fingerprint density at radius 3 is 2.61 bits per heavy atom. The average molecular weight is 508 g/mol. The van der Waals surface area contributed by atoms with E-state index in [0.717, 1.165) is 29.7 Å². The summed E-state index contributed by atoms with van der Waals surface area (Å²) in [7, 11) is 1.43. The lowest BCUT2D eigenvalue weighted by atomic mass is 9.66. The summed E-state index contributed by atoms with van der Waals surface area (Å²) in [6, 6.07) is 10.8. The van der Waals surface area contributed by atoms with Crippen LogP contribution in [0.1, 0.15) is 55.6 Å². The largest absolute Gasteiger partial charge is 0.496 e. The van der Waals surface area contributed by atoms with Crippen LogP contribution in [0.5, 0.6) is 11.5 Å². The minimum atomic E-state index is -1.12. The SMILES string of the molecule is COc1ccc(N2C(=O)C(C)(c3ccc4c(c3)CCC(C)(C)O4)[C@H]3C=C(Cl)C=CC32C)cc1C(=O)O. The van der Waals surface area contributed by atoms with Crippen LogP contribution in [0.25, 0.3) is 0 Å². The van der Waals surface area contributed by atoms with Crippen LogP contribution < -0.4 is 14.4 Å². The van der Waals surface area contributed by atoms with Gasteiger partial charge in [-0.3, -0.25) is 4.79 Å². The highest BCUT2D eigenvalue weighted by atomic mass is 35.5. The molecule has 3 atom stereocenters. The Labute approximate surface area is 216 Å². The third kappa shape index (κ3) is 3.53. The molecule has 7 heteroatoms. The summed E-state index contributed by atoms with van der Waals surface area (Å²) in [5, 5.41) is 10.3. The average Bonchev–Trinajstić information content (AvgIpc) is 3.01. The monoisotopic (exact) mass is 507 g/mol. The van der Waals surface area contributed by atoms with Crippen molar-refractivity contribution in [2.45, 2.75) is 57.1 Å². The molecule has 0 saturated carbocycles. The highest BCUT2D eigenvalue weighted by Crippen LogP contribution is 2.55. The molecule has 188 valence electrons. The number of aromatic carboxylic acids is 1. The standard InChI is InChI=1S/C29H30ClNO5/c1-27(2)12-10-17-14-18(6-8-22(17)36-27)29(4)24-15-19(30)11-13-28(24,3)31(26(29)34)20-7-9-23(35-5)21(16-20)25(32)33/h6-9,11,13-16,24H,10,12H2,1-5H3,(H,32,33)/t24-,28?,29?/m0/s1. The van der Waals surface area contributed by atoms with Crippen molar-refractivity contribution in [2.75, 3.05) is 12.0 Å². The first-order chi connectivity index (χ1) is 16.9. The Hall–Kier alpha value is -3.25. The van der Waals surface area contributed by atoms with E-state index in [-0.39, 0.29) is 28.7 Å². The molecule has 1 fully saturated rings. The number of amides is 1. The normalized spacial score (nSPS) is 28.2. The second-order valence-electron chi connectivity index (χ2n) is 10.8. The topological polar surface area (TPSA) is 76.1 Å². The van der Waals surface area contributed by atoms with Gasteiger partial charge in [-0.25, -0.2) is 4.79 Å². The highest BCUT2D eigenvalue weighted by Gasteiger charge is 2.62. The molecule has 5 rings (SSSR count). The van der Waals surface area contributed by atoms with Gasteiger partial charge in [-0.15, -0.1) is 0 Å². The van der Waals surface area contributed by atoms with Gasteiger partial charge in [0.25, 0.3) is 0 Å². The zero-order valence-electron chi connectivity index (χ0n) is 21.1. The zero-order chi connectivity index (χ0) is 26.0. The lowest BCUT2D eigenvalue weighted by Gasteiger charge is -2.39. The number of aryl methyl sites for hydroxylation is 1. The van der Waals surface area contributed by atoms with Gasteiger partial charge in [-0.05, 0) is 82.0 Å². The maximum absolute atomic E-state index is 14.4. The van der Waals surface area contributed by atoms with Gasteiger partial charge in [0.2, 0.25) is 5.91 Å². The van der Waals surface area contributed by atoms with Crippen molar-refractivity contribution in [3.8, 4) is 11.5 Å². The van der Waals surface area contributed by atoms with Crippen LogP contribution in [0.3, 0.4) is 0 Å². The molecule has 2 aromatic rings. The van der Waals surface area contributed by atoms with E-state index in [1.165, 1.54) is 13.2 Å². The molecule has 2 aliphatic heterocycles. The molecule has 3 aliphatic rings. The number of carboxylic acid groups (broad SMARTS) is 1. The summed E-state index contributed by atoms with van der Waals surface area (Å²) >= 11 is 6.48. The van der Waals surface area contributed by atoms with Gasteiger partial charge in [-0.1, -0.05) is 35.9 Å². The van der Waals surface area contributed by atoms with Crippen LogP contribution in [-0.4, -0.2) is 35.2 Å². The fraction of sp³-hybridized carbons (Fsp3) is 0.379. The van der Waals surface area contributed by atoms with Crippen molar-refractivity contribution in [1.82, 2.24) is 0 Å². The van der Waals surface area contributed by atoms with Crippen LogP contribution in [0.15, 0.2) is 59.7 Å². The number of allylic oxidation sites excluding steroid dienone is 2. The van der Waals surface area contributed by atoms with E-state index in [4.69, 9.17) is 21.1 Å². The molecule has 0 aromatic heterocycles. The Kier molecular flexibility index (Phi) is 5.52. The number of carbonyl (C=O) groups excluding carboxylic acids is 1. The Balaban J connectivity index is 1.66. The lowest BCUT2D eigenvalue weighted by molar-refractivity contribution is -0.122. The number of anilines is 1. The molecule has 1 N–H and O–H groups in total. The van der Waals surface area contributed by atoms with E-state index in [2.05, 4.69) is 19.9 Å². The Morgan fingerprint density at radius 1 is 1.17 bits per heavy atom. The number of hydrogen-bond donors (Lipinski definition) is 1. The van der Waals surface area contributed by atoms with Crippen molar-refractivity contribution in [1.29, 1.82) is 0 Å². The molecular formula is C29H30ClNO5. The Morgan fingerprint density at radius 2 is 1.92 bits per heavy atom. The second-order valence-corrected chi connectivity index (χ2v) is 11.2. The van der Waals surface area contributed by atoms with Crippen LogP contribution in [0.4, 0.5) is 5.69 Å². The van der Waals surface area contributed by atoms with Gasteiger partial charge in [0, 0.05) is 16.6 Å². The summed E-state index contributed by atoms with van der Waals surface area (Å²) in [5.74, 6) is -0.446. The molecule has 1 saturated heterocycles. The van der Waals surface area contributed by atoms with Gasteiger partial charge in [-0.2, -0.15) is 0 Å². The fourth-order valence-corrected chi connectivity index (χ4v) is 6.16. The molecule has 6 nitrogen and oxygen atoms in total. The molecule has 0 spiro atoms. The molecule has 1 aliphatic carbocycles. The smallest absolute Gasteiger partial charge is 0.339 e. The summed E-state index contributed by atoms with van der Waals surface area (Å²) < 4.78 is 11.4. The van der Waals surface area contributed by atoms with E-state index < -0.39 is 16.9 Å². The lowest BCUT2D eigenvalue weighted by Crippen LogP contribution is -2.46. The van der Waals surface area contributed by atoms with Crippen molar-refractivity contribution in [2.24, 2.45) is 5.92 Å². The summed E-state index contributed by atoms with van der Waals surface area (Å²) in [4.78, 5) is 28.1. The number of fused-ring (bicyclic) bond motifs is 2. The van der Waals surface area contributed by atoms with Gasteiger partial charge >= 0.3 is 5.97 Å². The van der Waals surface area contributed by atoms with Gasteiger partial charge in [0.1, 0.15) is 22.7 Å². The predicted molar refractivity (Wildman–Crippen MR) is 139 cm³/mol. The van der Waals surface area contributed by atoms with Crippen LogP contribution >= 0.6 is 11.6 Å². The van der Waals surface area contributed by atoms with Crippen LogP contribution in [0.2, 0.25) is 0 Å². The number of ether oxygens (including phenoxy) is 2. The van der Waals surface area contributed by atoms with Gasteiger partial charge in [0.05, 0.1) is 18.1 Å². The van der Waals surface area contributed by atoms with E-state index in [1.807, 2.05) is 38.1 Å². The maximum Gasteiger partial charge on any atom is 0.339 e. The molecule has 2 aromatic carbocycles. The quantitative estimate of drug-likeness (QED) is 0.560. The maximum atomic E-state index is 14.4. The molecule has 0 radical (unpaired) electrons. The minimum Gasteiger partial charge on any atom is -0.496 e. The number of carbonyl (C=O) groups is 2. The first kappa shape index (κ1) is 24.4. The van der Waals surface area contributed by atoms with Gasteiger partial charge < -0.3 is 19.5 Å². The van der Waals surface area contributed by atoms with Crippen LogP contribution in [0, 0.1) is 5.92 Å². The van der Waals surface area contributed by atoms with E-state index in [9.17, 15) is 14.7 Å². The number of nitrogens with zero attached hydrogens (tertiary/aromatic N) is 1. The zero-order valence-corrected chi connectivity index (χ0v) is 21.8. The molecule has 2 heterocycles. The van der Waals surface area contributed by atoms with E-state index in [0.29, 0.717) is 10.7 Å². The number of methoxy groups -OCH3 is 1. The number of halogens is 1. The number of carboxylic acids is 1. The minimum absolute atomic E-state index is 0.00143. The van der Waals surface area contributed by atoms with Crippen molar-refractivity contribution in [3.63, 3.8) is 0 Å². The van der Waals surface area contributed by atoms with Crippen molar-refractivity contribution < 1.29 is 24.2 Å². The third-order valence-electron chi connectivity index (χ3n) is 8.00. The number of hydrogen-bond acceptors (Lipinski definition) is 4. The van der Waals surface area contributed by atoms with Crippen molar-refractivity contribution >= 4 is 29.2 Å². The fourth-order valence-electron chi connectivity index (χ4n) is 5.97. The third-order valence-corrected chi connectivity index (χ3v) is 8.25. The Bertz CT molecular complexity index is 1350. The van der Waals surface area contributed by atoms with E-state index in [1.54, 1.807) is 23.1 Å². The van der Waals surface area contributed by atoms with Gasteiger partial charge in [0.15, 0.2) is 0 Å². The second kappa shape index (κ2) is 8.13. The molecular weight excluding hydrogens is 478 g/mol. The van der Waals surface area contributed by atoms with Crippen LogP contribution in [-0.2, 0) is 16.6 Å².